The van der Waals surface area contributed by atoms with E-state index in [0.29, 0.717) is 36.8 Å². The van der Waals surface area contributed by atoms with Crippen molar-refractivity contribution in [3.63, 3.8) is 0 Å². The van der Waals surface area contributed by atoms with Crippen LogP contribution in [0.15, 0.2) is 89.6 Å². The third kappa shape index (κ3) is 4.88. The molecule has 0 saturated carbocycles. The van der Waals surface area contributed by atoms with Gasteiger partial charge in [-0.3, -0.25) is 9.36 Å². The molecule has 2 aromatic carbocycles. The molecule has 0 spiro atoms. The molecule has 10 heteroatoms. The average molecular weight is 644 g/mol. The fourth-order valence-corrected chi connectivity index (χ4v) is 5.72. The van der Waals surface area contributed by atoms with Crippen molar-refractivity contribution in [2.45, 2.75) is 13.0 Å². The molecule has 0 amide bonds. The van der Waals surface area contributed by atoms with Crippen LogP contribution in [0.2, 0.25) is 0 Å². The molecule has 0 bridgehead atoms. The van der Waals surface area contributed by atoms with Crippen molar-refractivity contribution in [1.82, 2.24) is 4.57 Å². The van der Waals surface area contributed by atoms with E-state index in [0.717, 1.165) is 10.0 Å². The normalized spacial score (nSPS) is 15.4. The molecule has 2 aromatic heterocycles. The van der Waals surface area contributed by atoms with E-state index in [-0.39, 0.29) is 17.7 Å². The molecule has 0 radical (unpaired) electrons. The largest absolute Gasteiger partial charge is 0.497 e. The van der Waals surface area contributed by atoms with Gasteiger partial charge in [-0.15, -0.1) is 0 Å². The van der Waals surface area contributed by atoms with Crippen molar-refractivity contribution in [2.24, 2.45) is 4.99 Å². The second-order valence-corrected chi connectivity index (χ2v) is 10.6. The Labute approximate surface area is 232 Å². The zero-order valence-corrected chi connectivity index (χ0v) is 23.7. The Kier molecular flexibility index (Phi) is 7.32. The van der Waals surface area contributed by atoms with Gasteiger partial charge in [0.2, 0.25) is 0 Å². The number of methoxy groups -OCH3 is 1. The number of hydrogen-bond acceptors (Lipinski definition) is 7. The topological polar surface area (TPSA) is 83.0 Å². The molecular formula is C27H20Br2N2O5S. The van der Waals surface area contributed by atoms with Crippen LogP contribution in [0.1, 0.15) is 29.9 Å². The smallest absolute Gasteiger partial charge is 0.338 e. The monoisotopic (exact) mass is 642 g/mol. The van der Waals surface area contributed by atoms with E-state index in [1.807, 2.05) is 54.6 Å². The number of rotatable bonds is 6. The van der Waals surface area contributed by atoms with E-state index in [9.17, 15) is 9.59 Å². The summed E-state index contributed by atoms with van der Waals surface area (Å²) >= 11 is 7.96. The summed E-state index contributed by atoms with van der Waals surface area (Å²) < 4.78 is 19.8. The van der Waals surface area contributed by atoms with E-state index in [1.54, 1.807) is 26.2 Å². The first-order chi connectivity index (χ1) is 17.9. The highest BCUT2D eigenvalue weighted by Gasteiger charge is 2.35. The molecule has 3 heterocycles. The number of carbonyl (C=O) groups is 1. The lowest BCUT2D eigenvalue weighted by Gasteiger charge is -2.26. The van der Waals surface area contributed by atoms with E-state index >= 15 is 0 Å². The van der Waals surface area contributed by atoms with Crippen molar-refractivity contribution in [3.05, 3.63) is 112 Å². The van der Waals surface area contributed by atoms with Gasteiger partial charge in [0.25, 0.3) is 5.56 Å². The molecule has 7 nitrogen and oxygen atoms in total. The summed E-state index contributed by atoms with van der Waals surface area (Å²) in [7, 11) is 1.57. The van der Waals surface area contributed by atoms with E-state index in [2.05, 4.69) is 31.9 Å². The predicted molar refractivity (Wildman–Crippen MR) is 148 cm³/mol. The van der Waals surface area contributed by atoms with Crippen molar-refractivity contribution < 1.29 is 18.7 Å². The number of fused-ring (bicyclic) bond motifs is 1. The summed E-state index contributed by atoms with van der Waals surface area (Å²) in [5.41, 5.74) is 1.89. The number of hydrogen-bond donors (Lipinski definition) is 0. The molecule has 0 saturated heterocycles. The molecule has 1 aliphatic rings. The zero-order valence-electron chi connectivity index (χ0n) is 19.7. The van der Waals surface area contributed by atoms with Crippen LogP contribution >= 0.6 is 43.2 Å². The molecular weight excluding hydrogens is 624 g/mol. The molecule has 4 aromatic rings. The molecule has 188 valence electrons. The number of ether oxygens (including phenoxy) is 2. The number of nitrogens with zero attached hydrogens (tertiary/aromatic N) is 2. The maximum atomic E-state index is 13.8. The molecule has 0 aliphatic carbocycles. The summed E-state index contributed by atoms with van der Waals surface area (Å²) in [6.07, 6.45) is 1.66. The lowest BCUT2D eigenvalue weighted by molar-refractivity contribution is -0.138. The van der Waals surface area contributed by atoms with Gasteiger partial charge in [-0.25, -0.2) is 9.79 Å². The number of thiazole rings is 1. The summed E-state index contributed by atoms with van der Waals surface area (Å²) in [6.45, 7) is 1.93. The number of benzene rings is 2. The van der Waals surface area contributed by atoms with Crippen LogP contribution in [0.4, 0.5) is 0 Å². The average Bonchev–Trinajstić information content (AvgIpc) is 3.40. The highest BCUT2D eigenvalue weighted by atomic mass is 79.9. The van der Waals surface area contributed by atoms with E-state index < -0.39 is 12.0 Å². The second-order valence-electron chi connectivity index (χ2n) is 7.98. The molecule has 1 aliphatic heterocycles. The van der Waals surface area contributed by atoms with E-state index in [1.165, 1.54) is 15.9 Å². The summed E-state index contributed by atoms with van der Waals surface area (Å²) in [5.74, 6) is 0.562. The number of aromatic nitrogens is 1. The Morgan fingerprint density at radius 2 is 1.95 bits per heavy atom. The molecule has 1 atom stereocenters. The maximum absolute atomic E-state index is 13.8. The van der Waals surface area contributed by atoms with Gasteiger partial charge in [0.05, 0.1) is 40.0 Å². The molecule has 0 fully saturated rings. The van der Waals surface area contributed by atoms with Crippen LogP contribution in [0.25, 0.3) is 11.8 Å². The summed E-state index contributed by atoms with van der Waals surface area (Å²) in [6, 6.07) is 17.7. The minimum absolute atomic E-state index is 0.182. The fraction of sp³-hybridized carbons (Fsp3) is 0.148. The number of esters is 1. The first-order valence-electron chi connectivity index (χ1n) is 11.3. The Hall–Kier alpha value is -3.21. The number of halogens is 2. The molecule has 37 heavy (non-hydrogen) atoms. The van der Waals surface area contributed by atoms with Gasteiger partial charge in [-0.05, 0) is 62.5 Å². The van der Waals surface area contributed by atoms with Gasteiger partial charge in [0.1, 0.15) is 11.5 Å². The Morgan fingerprint density at radius 3 is 2.62 bits per heavy atom. The van der Waals surface area contributed by atoms with Gasteiger partial charge in [-0.2, -0.15) is 0 Å². The quantitative estimate of drug-likeness (QED) is 0.274. The minimum Gasteiger partial charge on any atom is -0.497 e. The van der Waals surface area contributed by atoms with Gasteiger partial charge in [-0.1, -0.05) is 53.8 Å². The summed E-state index contributed by atoms with van der Waals surface area (Å²) in [5, 5.41) is 0. The minimum atomic E-state index is -0.780. The van der Waals surface area contributed by atoms with Gasteiger partial charge >= 0.3 is 5.97 Å². The number of furan rings is 1. The van der Waals surface area contributed by atoms with Crippen LogP contribution in [0.5, 0.6) is 5.75 Å². The van der Waals surface area contributed by atoms with Gasteiger partial charge < -0.3 is 13.9 Å². The van der Waals surface area contributed by atoms with Crippen molar-refractivity contribution in [2.75, 3.05) is 13.7 Å². The summed E-state index contributed by atoms with van der Waals surface area (Å²) in [4.78, 5) is 32.6. The Bertz CT molecular complexity index is 1680. The van der Waals surface area contributed by atoms with Crippen molar-refractivity contribution in [1.29, 1.82) is 0 Å². The molecule has 0 unspecified atom stereocenters. The Balaban J connectivity index is 1.84. The first kappa shape index (κ1) is 25.4. The van der Waals surface area contributed by atoms with E-state index in [4.69, 9.17) is 18.9 Å². The molecule has 5 rings (SSSR count). The van der Waals surface area contributed by atoms with Crippen LogP contribution in [0, 0.1) is 0 Å². The van der Waals surface area contributed by atoms with Crippen LogP contribution in [-0.4, -0.2) is 24.3 Å². The van der Waals surface area contributed by atoms with Crippen molar-refractivity contribution >= 4 is 60.9 Å². The lowest BCUT2D eigenvalue weighted by atomic mass is 9.93. The van der Waals surface area contributed by atoms with Crippen LogP contribution < -0.4 is 19.6 Å². The lowest BCUT2D eigenvalue weighted by Crippen LogP contribution is -2.40. The fourth-order valence-electron chi connectivity index (χ4n) is 4.13. The SMILES string of the molecule is CCOC(=O)C1=C(c2ccccc2)N=c2s/c(=C/c3cc(Br)c(Br)o3)c(=O)n2[C@@H]1c1cccc(OC)c1. The van der Waals surface area contributed by atoms with Gasteiger partial charge in [0, 0.05) is 11.6 Å². The highest BCUT2D eigenvalue weighted by Crippen LogP contribution is 2.36. The standard InChI is InChI=1S/C27H20Br2N2O5S/c1-3-35-26(33)21-22(15-8-5-4-6-9-15)30-27-31(23(21)16-10-7-11-17(12-16)34-2)25(32)20(37-27)14-18-13-19(28)24(29)36-18/h4-14,23H,3H2,1-2H3/b20-14+/t23-/m1/s1. The Morgan fingerprint density at radius 1 is 1.16 bits per heavy atom. The molecule has 0 N–H and O–H groups in total. The van der Waals surface area contributed by atoms with Crippen molar-refractivity contribution in [3.8, 4) is 5.75 Å². The third-order valence-corrected chi connectivity index (χ3v) is 8.41. The highest BCUT2D eigenvalue weighted by molar-refractivity contribution is 9.13. The second kappa shape index (κ2) is 10.6. The zero-order chi connectivity index (χ0) is 26.1. The van der Waals surface area contributed by atoms with Crippen LogP contribution in [0.3, 0.4) is 0 Å². The number of carbonyl (C=O) groups excluding carboxylic acids is 1. The van der Waals surface area contributed by atoms with Gasteiger partial charge in [0.15, 0.2) is 9.47 Å². The van der Waals surface area contributed by atoms with Crippen LogP contribution in [-0.2, 0) is 9.53 Å². The third-order valence-electron chi connectivity index (χ3n) is 5.72. The first-order valence-corrected chi connectivity index (χ1v) is 13.7. The maximum Gasteiger partial charge on any atom is 0.338 e. The predicted octanol–water partition coefficient (Wildman–Crippen LogP) is 5.06.